The minimum Gasteiger partial charge on any atom is -0.300 e. The fourth-order valence-electron chi connectivity index (χ4n) is 3.29. The molecule has 94 valence electrons. The highest BCUT2D eigenvalue weighted by Gasteiger charge is 2.32. The minimum absolute atomic E-state index is 0.886. The Hall–Kier alpha value is -0.0400. The summed E-state index contributed by atoms with van der Waals surface area (Å²) in [4.78, 5) is 2.78. The lowest BCUT2D eigenvalue weighted by Gasteiger charge is -2.44. The molecule has 0 aromatic heterocycles. The van der Waals surface area contributed by atoms with Crippen molar-refractivity contribution < 1.29 is 0 Å². The first-order valence-electron chi connectivity index (χ1n) is 7.41. The second-order valence-corrected chi connectivity index (χ2v) is 6.58. The molecule has 1 aliphatic carbocycles. The van der Waals surface area contributed by atoms with Gasteiger partial charge in [-0.25, -0.2) is 0 Å². The molecule has 0 spiro atoms. The first kappa shape index (κ1) is 12.4. The predicted octanol–water partition coefficient (Wildman–Crippen LogP) is 3.93. The summed E-state index contributed by atoms with van der Waals surface area (Å²) in [7, 11) is 0. The first-order valence-corrected chi connectivity index (χ1v) is 7.41. The molecule has 2 rings (SSSR count). The van der Waals surface area contributed by atoms with E-state index >= 15 is 0 Å². The average Bonchev–Trinajstić information content (AvgIpc) is 2.13. The van der Waals surface area contributed by atoms with Crippen LogP contribution in [0.2, 0.25) is 0 Å². The molecular formula is C15H29N. The molecule has 0 N–H and O–H groups in total. The van der Waals surface area contributed by atoms with Crippen LogP contribution in [0.4, 0.5) is 0 Å². The quantitative estimate of drug-likeness (QED) is 0.698. The van der Waals surface area contributed by atoms with Crippen LogP contribution >= 0.6 is 0 Å². The molecule has 0 amide bonds. The summed E-state index contributed by atoms with van der Waals surface area (Å²) in [5, 5.41) is 0. The molecule has 0 aromatic carbocycles. The fourth-order valence-corrected chi connectivity index (χ4v) is 3.29. The van der Waals surface area contributed by atoms with Crippen LogP contribution in [-0.2, 0) is 0 Å². The molecular weight excluding hydrogens is 194 g/mol. The lowest BCUT2D eigenvalue weighted by Crippen LogP contribution is -2.47. The smallest absolute Gasteiger partial charge is 0.00953 e. The van der Waals surface area contributed by atoms with Gasteiger partial charge in [0, 0.05) is 12.6 Å². The molecule has 1 saturated heterocycles. The number of piperidine rings is 1. The molecule has 1 saturated carbocycles. The van der Waals surface area contributed by atoms with Gasteiger partial charge >= 0.3 is 0 Å². The molecule has 0 aromatic rings. The van der Waals surface area contributed by atoms with E-state index < -0.39 is 0 Å². The van der Waals surface area contributed by atoms with E-state index in [1.807, 2.05) is 0 Å². The van der Waals surface area contributed by atoms with Crippen LogP contribution in [0.25, 0.3) is 0 Å². The van der Waals surface area contributed by atoms with Crippen LogP contribution in [-0.4, -0.2) is 24.0 Å². The summed E-state index contributed by atoms with van der Waals surface area (Å²) in [6, 6.07) is 0.966. The zero-order valence-electron chi connectivity index (χ0n) is 11.4. The van der Waals surface area contributed by atoms with Gasteiger partial charge in [0.2, 0.25) is 0 Å². The van der Waals surface area contributed by atoms with Gasteiger partial charge in [-0.05, 0) is 50.0 Å². The summed E-state index contributed by atoms with van der Waals surface area (Å²) in [5.41, 5.74) is 0. The van der Waals surface area contributed by atoms with Crippen molar-refractivity contribution in [1.82, 2.24) is 4.90 Å². The summed E-state index contributed by atoms with van der Waals surface area (Å²) in [6.07, 6.45) is 8.79. The molecule has 2 fully saturated rings. The van der Waals surface area contributed by atoms with Gasteiger partial charge in [0.15, 0.2) is 0 Å². The maximum absolute atomic E-state index is 2.78. The molecule has 0 unspecified atom stereocenters. The van der Waals surface area contributed by atoms with Crippen molar-refractivity contribution in [2.75, 3.05) is 13.1 Å². The summed E-state index contributed by atoms with van der Waals surface area (Å²) in [6.45, 7) is 9.96. The van der Waals surface area contributed by atoms with E-state index in [9.17, 15) is 0 Å². The Morgan fingerprint density at radius 1 is 1.19 bits per heavy atom. The van der Waals surface area contributed by atoms with Crippen molar-refractivity contribution in [2.24, 2.45) is 17.8 Å². The Labute approximate surface area is 102 Å². The molecule has 1 aliphatic heterocycles. The number of nitrogens with zero attached hydrogens (tertiary/aromatic N) is 1. The monoisotopic (exact) mass is 223 g/mol. The van der Waals surface area contributed by atoms with Crippen LogP contribution < -0.4 is 0 Å². The average molecular weight is 223 g/mol. The summed E-state index contributed by atoms with van der Waals surface area (Å²) in [5.74, 6) is 2.84. The zero-order valence-corrected chi connectivity index (χ0v) is 11.4. The van der Waals surface area contributed by atoms with Crippen LogP contribution in [0.3, 0.4) is 0 Å². The third-order valence-corrected chi connectivity index (χ3v) is 4.82. The van der Waals surface area contributed by atoms with E-state index in [1.165, 1.54) is 51.6 Å². The van der Waals surface area contributed by atoms with Gasteiger partial charge in [0.05, 0.1) is 0 Å². The maximum atomic E-state index is 2.78. The summed E-state index contributed by atoms with van der Waals surface area (Å²) < 4.78 is 0. The Kier molecular flexibility index (Phi) is 4.29. The lowest BCUT2D eigenvalue weighted by atomic mass is 9.80. The number of hydrogen-bond acceptors (Lipinski definition) is 1. The van der Waals surface area contributed by atoms with Gasteiger partial charge in [0.25, 0.3) is 0 Å². The Morgan fingerprint density at radius 3 is 2.44 bits per heavy atom. The van der Waals surface area contributed by atoms with E-state index in [2.05, 4.69) is 25.7 Å². The van der Waals surface area contributed by atoms with Crippen molar-refractivity contribution in [3.8, 4) is 0 Å². The molecule has 0 radical (unpaired) electrons. The van der Waals surface area contributed by atoms with Crippen LogP contribution in [0.1, 0.15) is 59.3 Å². The molecule has 1 heteroatoms. The van der Waals surface area contributed by atoms with E-state index in [4.69, 9.17) is 0 Å². The first-order chi connectivity index (χ1) is 7.66. The highest BCUT2D eigenvalue weighted by molar-refractivity contribution is 4.86. The molecule has 1 heterocycles. The molecule has 16 heavy (non-hydrogen) atoms. The maximum Gasteiger partial charge on any atom is 0.00953 e. The Balaban J connectivity index is 1.73. The molecule has 2 atom stereocenters. The molecule has 1 nitrogen and oxygen atoms in total. The third-order valence-electron chi connectivity index (χ3n) is 4.82. The largest absolute Gasteiger partial charge is 0.300 e. The van der Waals surface area contributed by atoms with Crippen LogP contribution in [0.15, 0.2) is 0 Å². The normalized spacial score (nSPS) is 33.0. The predicted molar refractivity (Wildman–Crippen MR) is 70.6 cm³/mol. The van der Waals surface area contributed by atoms with Crippen molar-refractivity contribution in [1.29, 1.82) is 0 Å². The van der Waals surface area contributed by atoms with E-state index in [0.717, 1.165) is 23.8 Å². The highest BCUT2D eigenvalue weighted by Crippen LogP contribution is 2.33. The van der Waals surface area contributed by atoms with Crippen molar-refractivity contribution >= 4 is 0 Å². The van der Waals surface area contributed by atoms with E-state index in [-0.39, 0.29) is 0 Å². The second-order valence-electron chi connectivity index (χ2n) is 6.58. The van der Waals surface area contributed by atoms with Gasteiger partial charge in [-0.1, -0.05) is 33.6 Å². The SMILES string of the molecule is CC(C)CC[C@@H]1CCN(C2CCC2)C[C@H]1C. The van der Waals surface area contributed by atoms with Gasteiger partial charge < -0.3 is 4.90 Å². The number of likely N-dealkylation sites (tertiary alicyclic amines) is 1. The fraction of sp³-hybridized carbons (Fsp3) is 1.00. The van der Waals surface area contributed by atoms with Crippen LogP contribution in [0.5, 0.6) is 0 Å². The Bertz CT molecular complexity index is 207. The zero-order chi connectivity index (χ0) is 11.5. The van der Waals surface area contributed by atoms with Gasteiger partial charge in [-0.15, -0.1) is 0 Å². The van der Waals surface area contributed by atoms with Gasteiger partial charge in [0.1, 0.15) is 0 Å². The summed E-state index contributed by atoms with van der Waals surface area (Å²) >= 11 is 0. The molecule has 2 aliphatic rings. The van der Waals surface area contributed by atoms with E-state index in [1.54, 1.807) is 0 Å². The number of hydrogen-bond donors (Lipinski definition) is 0. The topological polar surface area (TPSA) is 3.24 Å². The van der Waals surface area contributed by atoms with Crippen molar-refractivity contribution in [2.45, 2.75) is 65.3 Å². The third kappa shape index (κ3) is 3.00. The number of rotatable bonds is 4. The van der Waals surface area contributed by atoms with E-state index in [0.29, 0.717) is 0 Å². The lowest BCUT2D eigenvalue weighted by molar-refractivity contribution is 0.0491. The highest BCUT2D eigenvalue weighted by atomic mass is 15.2. The van der Waals surface area contributed by atoms with Crippen molar-refractivity contribution in [3.05, 3.63) is 0 Å². The second kappa shape index (κ2) is 5.53. The standard InChI is InChI=1S/C15H29N/c1-12(2)7-8-14-9-10-16(11-13(14)3)15-5-4-6-15/h12-15H,4-11H2,1-3H3/t13-,14-/m1/s1. The molecule has 0 bridgehead atoms. The minimum atomic E-state index is 0.886. The van der Waals surface area contributed by atoms with Crippen molar-refractivity contribution in [3.63, 3.8) is 0 Å². The van der Waals surface area contributed by atoms with Crippen LogP contribution in [0, 0.1) is 17.8 Å². The van der Waals surface area contributed by atoms with Gasteiger partial charge in [-0.2, -0.15) is 0 Å². The van der Waals surface area contributed by atoms with Gasteiger partial charge in [-0.3, -0.25) is 0 Å². The Morgan fingerprint density at radius 2 is 1.94 bits per heavy atom.